The molecule has 2 aromatic heterocycles. The Kier molecular flexibility index (Phi) is 4.97. The number of ether oxygens (including phenoxy) is 1. The van der Waals surface area contributed by atoms with Gasteiger partial charge in [0.05, 0.1) is 36.3 Å². The van der Waals surface area contributed by atoms with E-state index in [4.69, 9.17) is 4.74 Å². The third kappa shape index (κ3) is 3.20. The van der Waals surface area contributed by atoms with Crippen LogP contribution < -0.4 is 4.74 Å². The molecule has 6 nitrogen and oxygen atoms in total. The Labute approximate surface area is 170 Å². The summed E-state index contributed by atoms with van der Waals surface area (Å²) in [5.41, 5.74) is 2.51. The molecule has 1 aliphatic heterocycles. The maximum Gasteiger partial charge on any atom is 0.256 e. The number of fused-ring (bicyclic) bond motifs is 1. The Hall–Kier alpha value is -3.36. The first-order valence-electron chi connectivity index (χ1n) is 9.32. The van der Waals surface area contributed by atoms with E-state index < -0.39 is 17.5 Å². The highest BCUT2D eigenvalue weighted by molar-refractivity contribution is 5.94. The number of hydrogen-bond acceptors (Lipinski definition) is 4. The summed E-state index contributed by atoms with van der Waals surface area (Å²) in [6, 6.07) is 3.16. The standard InChI is InChI=1S/C21H19F3N4O2/c1-11-19-15(4-5-28(11)21(29)13-6-14(30-3)10-25-9-13)20(27(2)26-19)12-7-16(22)18(24)17(23)8-12/h6-11H,4-5H2,1-3H3/t11-/m0/s1. The third-order valence-electron chi connectivity index (χ3n) is 5.36. The van der Waals surface area contributed by atoms with Crippen molar-refractivity contribution >= 4 is 5.91 Å². The number of pyridine rings is 1. The lowest BCUT2D eigenvalue weighted by atomic mass is 9.95. The molecule has 9 heteroatoms. The van der Waals surface area contributed by atoms with Crippen LogP contribution in [0.1, 0.15) is 34.6 Å². The molecule has 0 fully saturated rings. The van der Waals surface area contributed by atoms with E-state index in [1.807, 2.05) is 6.92 Å². The lowest BCUT2D eigenvalue weighted by Gasteiger charge is -2.33. The first-order valence-corrected chi connectivity index (χ1v) is 9.32. The third-order valence-corrected chi connectivity index (χ3v) is 5.36. The molecule has 4 rings (SSSR count). The fourth-order valence-electron chi connectivity index (χ4n) is 3.89. The highest BCUT2D eigenvalue weighted by Crippen LogP contribution is 2.36. The topological polar surface area (TPSA) is 60.2 Å². The van der Waals surface area contributed by atoms with Gasteiger partial charge >= 0.3 is 0 Å². The van der Waals surface area contributed by atoms with Crippen molar-refractivity contribution in [2.75, 3.05) is 13.7 Å². The zero-order chi connectivity index (χ0) is 21.6. The minimum atomic E-state index is -1.51. The van der Waals surface area contributed by atoms with Gasteiger partial charge in [-0.05, 0) is 31.5 Å². The number of carbonyl (C=O) groups excluding carboxylic acids is 1. The molecule has 1 aliphatic rings. The monoisotopic (exact) mass is 416 g/mol. The number of nitrogens with zero attached hydrogens (tertiary/aromatic N) is 4. The normalized spacial score (nSPS) is 15.8. The van der Waals surface area contributed by atoms with Gasteiger partial charge in [-0.1, -0.05) is 0 Å². The van der Waals surface area contributed by atoms with Crippen LogP contribution in [0.5, 0.6) is 5.75 Å². The second-order valence-corrected chi connectivity index (χ2v) is 7.13. The van der Waals surface area contributed by atoms with Crippen LogP contribution in [-0.2, 0) is 13.5 Å². The minimum absolute atomic E-state index is 0.201. The fourth-order valence-corrected chi connectivity index (χ4v) is 3.89. The van der Waals surface area contributed by atoms with E-state index in [0.29, 0.717) is 35.7 Å². The van der Waals surface area contributed by atoms with Crippen LogP contribution in [0.2, 0.25) is 0 Å². The van der Waals surface area contributed by atoms with E-state index in [2.05, 4.69) is 10.1 Å². The summed E-state index contributed by atoms with van der Waals surface area (Å²) in [7, 11) is 3.15. The summed E-state index contributed by atoms with van der Waals surface area (Å²) in [4.78, 5) is 18.7. The van der Waals surface area contributed by atoms with Gasteiger partial charge in [0.15, 0.2) is 17.5 Å². The fraction of sp³-hybridized carbons (Fsp3) is 0.286. The molecule has 0 saturated carbocycles. The van der Waals surface area contributed by atoms with Crippen molar-refractivity contribution in [3.63, 3.8) is 0 Å². The molecule has 0 bridgehead atoms. The molecular formula is C21H19F3N4O2. The highest BCUT2D eigenvalue weighted by Gasteiger charge is 2.33. The van der Waals surface area contributed by atoms with Gasteiger partial charge in [0, 0.05) is 30.9 Å². The summed E-state index contributed by atoms with van der Waals surface area (Å²) in [5.74, 6) is -3.76. The molecule has 3 aromatic rings. The van der Waals surface area contributed by atoms with Gasteiger partial charge in [0.2, 0.25) is 0 Å². The zero-order valence-corrected chi connectivity index (χ0v) is 16.6. The number of aromatic nitrogens is 3. The SMILES string of the molecule is COc1cncc(C(=O)N2CCc3c(nn(C)c3-c3cc(F)c(F)c(F)c3)[C@@H]2C)c1. The van der Waals surface area contributed by atoms with Crippen molar-refractivity contribution in [1.82, 2.24) is 19.7 Å². The van der Waals surface area contributed by atoms with E-state index in [1.165, 1.54) is 24.2 Å². The average Bonchev–Trinajstić information content (AvgIpc) is 3.08. The molecule has 156 valence electrons. The van der Waals surface area contributed by atoms with E-state index >= 15 is 0 Å². The minimum Gasteiger partial charge on any atom is -0.495 e. The van der Waals surface area contributed by atoms with Crippen LogP contribution in [-0.4, -0.2) is 39.2 Å². The predicted molar refractivity (Wildman–Crippen MR) is 102 cm³/mol. The molecule has 0 spiro atoms. The van der Waals surface area contributed by atoms with Gasteiger partial charge in [0.1, 0.15) is 5.75 Å². The van der Waals surface area contributed by atoms with Crippen LogP contribution in [0.15, 0.2) is 30.6 Å². The van der Waals surface area contributed by atoms with Crippen LogP contribution in [0.3, 0.4) is 0 Å². The number of rotatable bonds is 3. The Balaban J connectivity index is 1.71. The van der Waals surface area contributed by atoms with Crippen molar-refractivity contribution in [3.05, 3.63) is 64.9 Å². The molecule has 0 radical (unpaired) electrons. The first kappa shape index (κ1) is 19.9. The summed E-state index contributed by atoms with van der Waals surface area (Å²) < 4.78 is 47.6. The van der Waals surface area contributed by atoms with E-state index in [0.717, 1.165) is 17.7 Å². The quantitative estimate of drug-likeness (QED) is 0.612. The van der Waals surface area contributed by atoms with Gasteiger partial charge in [0.25, 0.3) is 5.91 Å². The van der Waals surface area contributed by atoms with Gasteiger partial charge in [-0.15, -0.1) is 0 Å². The van der Waals surface area contributed by atoms with Gasteiger partial charge < -0.3 is 9.64 Å². The zero-order valence-electron chi connectivity index (χ0n) is 16.6. The van der Waals surface area contributed by atoms with Crippen molar-refractivity contribution in [3.8, 4) is 17.0 Å². The van der Waals surface area contributed by atoms with E-state index in [-0.39, 0.29) is 17.5 Å². The number of carbonyl (C=O) groups is 1. The van der Waals surface area contributed by atoms with Crippen LogP contribution in [0, 0.1) is 17.5 Å². The van der Waals surface area contributed by atoms with E-state index in [9.17, 15) is 18.0 Å². The van der Waals surface area contributed by atoms with Gasteiger partial charge in [-0.3, -0.25) is 14.5 Å². The molecule has 0 aliphatic carbocycles. The van der Waals surface area contributed by atoms with Gasteiger partial charge in [-0.2, -0.15) is 5.10 Å². The average molecular weight is 416 g/mol. The van der Waals surface area contributed by atoms with Crippen molar-refractivity contribution in [1.29, 1.82) is 0 Å². The first-order chi connectivity index (χ1) is 14.3. The Morgan fingerprint density at radius 1 is 1.17 bits per heavy atom. The molecule has 30 heavy (non-hydrogen) atoms. The molecular weight excluding hydrogens is 397 g/mol. The molecule has 3 heterocycles. The lowest BCUT2D eigenvalue weighted by Crippen LogP contribution is -2.39. The summed E-state index contributed by atoms with van der Waals surface area (Å²) >= 11 is 0. The molecule has 0 unspecified atom stereocenters. The van der Waals surface area contributed by atoms with Crippen molar-refractivity contribution < 1.29 is 22.7 Å². The number of amides is 1. The number of halogens is 3. The predicted octanol–water partition coefficient (Wildman–Crippen LogP) is 3.67. The van der Waals surface area contributed by atoms with Crippen LogP contribution in [0.4, 0.5) is 13.2 Å². The van der Waals surface area contributed by atoms with Crippen LogP contribution in [0.25, 0.3) is 11.3 Å². The van der Waals surface area contributed by atoms with Crippen molar-refractivity contribution in [2.45, 2.75) is 19.4 Å². The Bertz CT molecular complexity index is 1120. The number of benzene rings is 1. The molecule has 1 aromatic carbocycles. The second-order valence-electron chi connectivity index (χ2n) is 7.13. The van der Waals surface area contributed by atoms with Crippen LogP contribution >= 0.6 is 0 Å². The van der Waals surface area contributed by atoms with Crippen molar-refractivity contribution in [2.24, 2.45) is 7.05 Å². The lowest BCUT2D eigenvalue weighted by molar-refractivity contribution is 0.0673. The molecule has 0 saturated heterocycles. The summed E-state index contributed by atoms with van der Waals surface area (Å²) in [6.45, 7) is 2.22. The second kappa shape index (κ2) is 7.47. The molecule has 1 atom stereocenters. The summed E-state index contributed by atoms with van der Waals surface area (Å²) in [6.07, 6.45) is 3.42. The smallest absolute Gasteiger partial charge is 0.256 e. The maximum atomic E-state index is 13.8. The molecule has 0 N–H and O–H groups in total. The highest BCUT2D eigenvalue weighted by atomic mass is 19.2. The summed E-state index contributed by atoms with van der Waals surface area (Å²) in [5, 5.41) is 4.49. The maximum absolute atomic E-state index is 13.8. The number of methoxy groups -OCH3 is 1. The number of hydrogen-bond donors (Lipinski definition) is 0. The Morgan fingerprint density at radius 2 is 1.87 bits per heavy atom. The van der Waals surface area contributed by atoms with Gasteiger partial charge in [-0.25, -0.2) is 13.2 Å². The largest absolute Gasteiger partial charge is 0.495 e. The Morgan fingerprint density at radius 3 is 2.53 bits per heavy atom. The number of aryl methyl sites for hydroxylation is 1. The molecule has 1 amide bonds. The van der Waals surface area contributed by atoms with E-state index in [1.54, 1.807) is 18.0 Å².